The van der Waals surface area contributed by atoms with Gasteiger partial charge in [0.1, 0.15) is 0 Å². The number of alkyl halides is 3. The number of piperidine rings is 1. The summed E-state index contributed by atoms with van der Waals surface area (Å²) in [6.45, 7) is 3.69. The van der Waals surface area contributed by atoms with E-state index in [-0.39, 0.29) is 5.41 Å². The van der Waals surface area contributed by atoms with Gasteiger partial charge in [0, 0.05) is 5.41 Å². The molecule has 2 heterocycles. The zero-order valence-electron chi connectivity index (χ0n) is 9.84. The second kappa shape index (κ2) is 6.58. The van der Waals surface area contributed by atoms with E-state index in [2.05, 4.69) is 42.6 Å². The monoisotopic (exact) mass is 359 g/mol. The second-order valence-electron chi connectivity index (χ2n) is 4.07. The Morgan fingerprint density at radius 3 is 2.41 bits per heavy atom. The average Bonchev–Trinajstić information content (AvgIpc) is 2.83. The van der Waals surface area contributed by atoms with E-state index in [0.717, 1.165) is 25.9 Å². The molecule has 0 atom stereocenters. The van der Waals surface area contributed by atoms with Crippen molar-refractivity contribution < 1.29 is 13.3 Å². The first kappa shape index (κ1) is 14.7. The van der Waals surface area contributed by atoms with Crippen LogP contribution < -0.4 is 5.32 Å². The molecule has 98 valence electrons. The minimum atomic E-state index is -2.68. The van der Waals surface area contributed by atoms with Crippen molar-refractivity contribution in [2.45, 2.75) is 31.6 Å². The quantitative estimate of drug-likeness (QED) is 0.652. The number of nitrogens with one attached hydrogen (secondary N) is 1. The maximum atomic E-state index is 12.3. The van der Waals surface area contributed by atoms with E-state index in [1.165, 1.54) is 0 Å². The molecule has 7 heteroatoms. The highest BCUT2D eigenvalue weighted by molar-refractivity contribution is 14.1. The molecule has 17 heavy (non-hydrogen) atoms. The molecule has 1 fully saturated rings. The van der Waals surface area contributed by atoms with Gasteiger partial charge in [0.15, 0.2) is 5.82 Å². The van der Waals surface area contributed by atoms with Crippen molar-refractivity contribution in [3.05, 3.63) is 11.7 Å². The molecule has 0 saturated carbocycles. The molecule has 0 radical (unpaired) electrons. The Kier molecular flexibility index (Phi) is 5.71. The number of hydrogen-bond donors (Lipinski definition) is 1. The van der Waals surface area contributed by atoms with E-state index in [1.54, 1.807) is 0 Å². The summed E-state index contributed by atoms with van der Waals surface area (Å²) in [5, 5.41) is 6.84. The molecular weight excluding hydrogens is 343 g/mol. The van der Waals surface area contributed by atoms with Crippen molar-refractivity contribution >= 4 is 22.6 Å². The molecule has 1 saturated heterocycles. The molecule has 0 aliphatic carbocycles. The molecule has 0 unspecified atom stereocenters. The van der Waals surface area contributed by atoms with Gasteiger partial charge in [0.05, 0.1) is 0 Å². The Morgan fingerprint density at radius 1 is 1.35 bits per heavy atom. The van der Waals surface area contributed by atoms with Crippen LogP contribution in [0.2, 0.25) is 0 Å². The highest BCUT2D eigenvalue weighted by atomic mass is 127. The van der Waals surface area contributed by atoms with E-state index in [4.69, 9.17) is 0 Å². The summed E-state index contributed by atoms with van der Waals surface area (Å²) in [5.74, 6) is -0.177. The van der Waals surface area contributed by atoms with Crippen LogP contribution in [0.1, 0.15) is 37.9 Å². The Bertz CT molecular complexity index is 340. The maximum Gasteiger partial charge on any atom is 0.315 e. The first-order valence-corrected chi connectivity index (χ1v) is 7.48. The predicted octanol–water partition coefficient (Wildman–Crippen LogP) is 2.70. The summed E-state index contributed by atoms with van der Waals surface area (Å²) in [6, 6.07) is 0. The van der Waals surface area contributed by atoms with Gasteiger partial charge in [-0.1, -0.05) is 34.7 Å². The van der Waals surface area contributed by atoms with Gasteiger partial charge in [-0.3, -0.25) is 0 Å². The zero-order valence-corrected chi connectivity index (χ0v) is 12.0. The van der Waals surface area contributed by atoms with Crippen LogP contribution in [0.3, 0.4) is 0 Å². The normalized spacial score (nSPS) is 18.7. The smallest absolute Gasteiger partial charge is 0.315 e. The van der Waals surface area contributed by atoms with Gasteiger partial charge in [0.25, 0.3) is 5.89 Å². The molecule has 0 aromatic carbocycles. The highest BCUT2D eigenvalue weighted by Gasteiger charge is 2.34. The van der Waals surface area contributed by atoms with Crippen molar-refractivity contribution in [1.82, 2.24) is 15.5 Å². The van der Waals surface area contributed by atoms with Gasteiger partial charge in [-0.2, -0.15) is 13.8 Å². The molecule has 1 aliphatic heterocycles. The zero-order chi connectivity index (χ0) is 12.9. The van der Waals surface area contributed by atoms with Gasteiger partial charge in [-0.05, 0) is 30.9 Å². The molecule has 1 aromatic rings. The second-order valence-corrected chi connectivity index (χ2v) is 4.07. The topological polar surface area (TPSA) is 51.0 Å². The highest BCUT2D eigenvalue weighted by Crippen LogP contribution is 2.31. The van der Waals surface area contributed by atoms with E-state index in [0.29, 0.717) is 5.82 Å². The van der Waals surface area contributed by atoms with Crippen LogP contribution in [0.15, 0.2) is 4.52 Å². The summed E-state index contributed by atoms with van der Waals surface area (Å²) in [7, 11) is 0. The van der Waals surface area contributed by atoms with Gasteiger partial charge in [-0.15, -0.1) is 0 Å². The molecule has 0 amide bonds. The van der Waals surface area contributed by atoms with Crippen LogP contribution in [0.4, 0.5) is 8.78 Å². The first-order valence-electron chi connectivity index (χ1n) is 5.32. The molecular formula is C10H16F2IN3O. The van der Waals surface area contributed by atoms with Crippen LogP contribution in [-0.4, -0.2) is 28.2 Å². The fourth-order valence-electron chi connectivity index (χ4n) is 1.77. The summed E-state index contributed by atoms with van der Waals surface area (Å²) in [5.41, 5.74) is -0.234. The SMILES string of the molecule is CC1(c2noc(C(F)F)n2)CCNCC1.CI. The predicted molar refractivity (Wildman–Crippen MR) is 68.7 cm³/mol. The van der Waals surface area contributed by atoms with Gasteiger partial charge in [0.2, 0.25) is 0 Å². The Balaban J connectivity index is 0.000000686. The van der Waals surface area contributed by atoms with Crippen LogP contribution in [0, 0.1) is 0 Å². The third kappa shape index (κ3) is 3.57. The van der Waals surface area contributed by atoms with Crippen LogP contribution in [0.5, 0.6) is 0 Å². The Labute approximate surface area is 113 Å². The van der Waals surface area contributed by atoms with Crippen LogP contribution in [-0.2, 0) is 5.41 Å². The maximum absolute atomic E-state index is 12.3. The summed E-state index contributed by atoms with van der Waals surface area (Å²) in [4.78, 5) is 5.72. The molecule has 0 bridgehead atoms. The first-order chi connectivity index (χ1) is 8.12. The van der Waals surface area contributed by atoms with Crippen molar-refractivity contribution in [2.24, 2.45) is 0 Å². The van der Waals surface area contributed by atoms with Gasteiger partial charge >= 0.3 is 6.43 Å². The lowest BCUT2D eigenvalue weighted by molar-refractivity contribution is 0.106. The molecule has 2 rings (SSSR count). The van der Waals surface area contributed by atoms with Gasteiger partial charge in [-0.25, -0.2) is 0 Å². The molecule has 1 aliphatic rings. The lowest BCUT2D eigenvalue weighted by Crippen LogP contribution is -2.38. The largest absolute Gasteiger partial charge is 0.333 e. The molecule has 1 aromatic heterocycles. The average molecular weight is 359 g/mol. The standard InChI is InChI=1S/C9H13F2N3O.CH3I/c1-9(2-4-12-5-3-9)8-13-7(6(10)11)15-14-8;1-2/h6,12H,2-5H2,1H3;1H3. The molecule has 4 nitrogen and oxygen atoms in total. The van der Waals surface area contributed by atoms with Crippen molar-refractivity contribution in [3.63, 3.8) is 0 Å². The van der Waals surface area contributed by atoms with Crippen molar-refractivity contribution in [1.29, 1.82) is 0 Å². The minimum absolute atomic E-state index is 0.234. The lowest BCUT2D eigenvalue weighted by atomic mass is 9.80. The fraction of sp³-hybridized carbons (Fsp3) is 0.800. The van der Waals surface area contributed by atoms with E-state index < -0.39 is 12.3 Å². The number of halogens is 3. The molecule has 0 spiro atoms. The van der Waals surface area contributed by atoms with Crippen molar-refractivity contribution in [3.8, 4) is 0 Å². The summed E-state index contributed by atoms with van der Waals surface area (Å²) < 4.78 is 29.0. The number of hydrogen-bond acceptors (Lipinski definition) is 4. The fourth-order valence-corrected chi connectivity index (χ4v) is 1.77. The third-order valence-electron chi connectivity index (χ3n) is 2.88. The van der Waals surface area contributed by atoms with E-state index >= 15 is 0 Å². The number of rotatable bonds is 2. The van der Waals surface area contributed by atoms with E-state index in [9.17, 15) is 8.78 Å². The minimum Gasteiger partial charge on any atom is -0.333 e. The Hall–Kier alpha value is -0.310. The third-order valence-corrected chi connectivity index (χ3v) is 2.88. The van der Waals surface area contributed by atoms with Crippen LogP contribution in [0.25, 0.3) is 0 Å². The van der Waals surface area contributed by atoms with E-state index in [1.807, 2.05) is 11.9 Å². The lowest BCUT2D eigenvalue weighted by Gasteiger charge is -2.30. The van der Waals surface area contributed by atoms with Crippen molar-refractivity contribution in [2.75, 3.05) is 18.0 Å². The summed E-state index contributed by atoms with van der Waals surface area (Å²) >= 11 is 2.15. The number of aromatic nitrogens is 2. The number of nitrogens with zero attached hydrogens (tertiary/aromatic N) is 2. The summed E-state index contributed by atoms with van der Waals surface area (Å²) in [6.07, 6.45) is -0.999. The molecule has 1 N–H and O–H groups in total. The Morgan fingerprint density at radius 2 is 1.94 bits per heavy atom. The van der Waals surface area contributed by atoms with Crippen LogP contribution >= 0.6 is 22.6 Å². The van der Waals surface area contributed by atoms with Gasteiger partial charge < -0.3 is 9.84 Å².